The first kappa shape index (κ1) is 57.0. The molecule has 19 heteroatoms. The minimum absolute atomic E-state index is 0. The number of phenolic OH excluding ortho intramolecular Hbond substituents is 1. The normalized spacial score (nSPS) is 17.2. The number of rotatable bonds is 15. The van der Waals surface area contributed by atoms with Gasteiger partial charge < -0.3 is 34.6 Å². The molecule has 3 aliphatic rings. The van der Waals surface area contributed by atoms with Crippen molar-refractivity contribution in [2.75, 3.05) is 13.1 Å². The third-order valence-corrected chi connectivity index (χ3v) is 15.0. The predicted octanol–water partition coefficient (Wildman–Crippen LogP) is 12.2. The minimum Gasteiger partial charge on any atom is -0.507 e. The van der Waals surface area contributed by atoms with Crippen LogP contribution in [0.4, 0.5) is 4.79 Å². The summed E-state index contributed by atoms with van der Waals surface area (Å²) in [6.45, 7) is 26.2. The number of hydrogen-bond acceptors (Lipinski definition) is 10. The molecule has 6 aromatic heterocycles. The number of aromatic nitrogens is 10. The van der Waals surface area contributed by atoms with Crippen molar-refractivity contribution >= 4 is 41.8 Å². The fraction of sp³-hybridized carbons (Fsp3) is 0.439. The van der Waals surface area contributed by atoms with Gasteiger partial charge in [0.15, 0.2) is 13.5 Å². The average molecular weight is 1100 g/mol. The molecule has 76 heavy (non-hydrogen) atoms. The molecule has 0 saturated heterocycles. The molecule has 0 spiro atoms. The van der Waals surface area contributed by atoms with Crippen LogP contribution in [-0.4, -0.2) is 87.1 Å². The number of fused-ring (bicyclic) bond motifs is 2. The smallest absolute Gasteiger partial charge is 0.425 e. The topological polar surface area (TPSA) is 206 Å². The van der Waals surface area contributed by atoms with Gasteiger partial charge in [0.25, 0.3) is 0 Å². The van der Waals surface area contributed by atoms with Gasteiger partial charge in [-0.1, -0.05) is 81.5 Å². The number of ether oxygens (including phenoxy) is 1. The second-order valence-electron chi connectivity index (χ2n) is 20.1. The van der Waals surface area contributed by atoms with Crippen molar-refractivity contribution in [3.8, 4) is 34.0 Å². The molecule has 2 saturated carbocycles. The Hall–Kier alpha value is -6.75. The second-order valence-corrected chi connectivity index (χ2v) is 20.1. The van der Waals surface area contributed by atoms with Gasteiger partial charge in [-0.3, -0.25) is 19.8 Å². The number of aliphatic hydroxyl groups excluding tert-OH is 1. The van der Waals surface area contributed by atoms with E-state index in [4.69, 9.17) is 28.4 Å². The summed E-state index contributed by atoms with van der Waals surface area (Å²) >= 11 is 0. The maximum Gasteiger partial charge on any atom is 0.425 e. The maximum atomic E-state index is 14.0. The molecule has 3 N–H and O–H groups in total. The first-order valence-electron chi connectivity index (χ1n) is 26.1. The first-order chi connectivity index (χ1) is 36.4. The van der Waals surface area contributed by atoms with E-state index in [0.717, 1.165) is 84.7 Å². The Bertz CT molecular complexity index is 3240. The summed E-state index contributed by atoms with van der Waals surface area (Å²) in [5.74, 6) is 0.635. The summed E-state index contributed by atoms with van der Waals surface area (Å²) in [7, 11) is 4.25. The Morgan fingerprint density at radius 2 is 1.50 bits per heavy atom. The van der Waals surface area contributed by atoms with Gasteiger partial charge in [-0.25, -0.2) is 32.5 Å². The molecule has 2 unspecified atom stereocenters. The van der Waals surface area contributed by atoms with Crippen molar-refractivity contribution in [1.82, 2.24) is 49.0 Å². The number of benzene rings is 1. The summed E-state index contributed by atoms with van der Waals surface area (Å²) < 4.78 is 11.5. The molecule has 0 bridgehead atoms. The molecule has 17 nitrogen and oxygen atoms in total. The first-order valence-corrected chi connectivity index (χ1v) is 26.1. The fourth-order valence-corrected chi connectivity index (χ4v) is 11.3. The molecule has 2 fully saturated rings. The van der Waals surface area contributed by atoms with Crippen LogP contribution in [0.1, 0.15) is 133 Å². The van der Waals surface area contributed by atoms with Crippen LogP contribution in [0.3, 0.4) is 0 Å². The quantitative estimate of drug-likeness (QED) is 0.0220. The number of unbranched alkanes of at least 4 members (excludes halogenated alkanes) is 2. The third kappa shape index (κ3) is 13.4. The number of nitrogens with one attached hydrogen (secondary N) is 1. The number of nitrogens with zero attached hydrogens (tertiary/aromatic N) is 12. The Morgan fingerprint density at radius 1 is 0.908 bits per heavy atom. The van der Waals surface area contributed by atoms with Crippen LogP contribution in [-0.2, 0) is 39.1 Å². The van der Waals surface area contributed by atoms with Gasteiger partial charge in [0, 0.05) is 85.6 Å². The van der Waals surface area contributed by atoms with Gasteiger partial charge in [-0.2, -0.15) is 10.2 Å². The zero-order valence-electron chi connectivity index (χ0n) is 43.7. The zero-order valence-corrected chi connectivity index (χ0v) is 46.6. The summed E-state index contributed by atoms with van der Waals surface area (Å²) in [4.78, 5) is 43.2. The van der Waals surface area contributed by atoms with Crippen LogP contribution in [0, 0.1) is 36.3 Å². The third-order valence-electron chi connectivity index (χ3n) is 15.0. The maximum absolute atomic E-state index is 14.0. The van der Waals surface area contributed by atoms with E-state index in [1.165, 1.54) is 61.3 Å². The molecule has 1 aromatic carbocycles. The average Bonchev–Trinajstić information content (AvgIpc) is 4.27. The molecule has 3 aliphatic carbocycles. The Morgan fingerprint density at radius 3 is 2.08 bits per heavy atom. The number of aryl methyl sites for hydroxylation is 1. The van der Waals surface area contributed by atoms with Gasteiger partial charge in [-0.15, -0.1) is 0 Å². The standard InChI is InChI=1S/C39H46N6O3.C17H17N6.CH2BNO.Y/c1-6-7-8-11-27-19-34(46)36(32-18-26(4)14-15-30(32)25(2)3)35(20-27)48-39(47)44-17-16-31-37(41-24-42-38(31)44)29-21-43-45(23-29)33(22-40-5)28-12-9-10-13-28;1-18-9-15(12-4-2-3-5-12)23-10-13(8-22-23)16-14-6-7-19-17(14)21-11-20-16;2-1(3)4;/h16-21,23-24,28,30,32-33,46H,2,6-15,22H2,1,3-4H3;6-8,10-12,15H,2-5,9H2;(H2,3,4);/q;-1;;/t30?,32?,33-;15-;;/m11../s1. The Balaban J connectivity index is 0.000000249. The molecule has 3 radical (unpaired) electrons. The number of hydrogen-bond donors (Lipinski definition) is 3. The summed E-state index contributed by atoms with van der Waals surface area (Å²) in [5.41, 5.74) is 8.24. The molecule has 7 aromatic rings. The second kappa shape index (κ2) is 26.8. The molecule has 389 valence electrons. The molecular formula is C57H65BN13O4Y-. The van der Waals surface area contributed by atoms with E-state index >= 15 is 0 Å². The van der Waals surface area contributed by atoms with Crippen LogP contribution in [0.5, 0.6) is 11.5 Å². The number of carbonyl (C=O) groups excluding carboxylic acids is 1. The summed E-state index contributed by atoms with van der Waals surface area (Å²) in [6, 6.07) is 7.69. The largest absolute Gasteiger partial charge is 0.507 e. The molecule has 0 aliphatic heterocycles. The Kier molecular flexibility index (Phi) is 20.1. The van der Waals surface area contributed by atoms with E-state index in [1.54, 1.807) is 18.6 Å². The van der Waals surface area contributed by atoms with E-state index in [1.807, 2.05) is 59.1 Å². The van der Waals surface area contributed by atoms with Crippen molar-refractivity contribution in [3.05, 3.63) is 132 Å². The van der Waals surface area contributed by atoms with Crippen molar-refractivity contribution in [2.24, 2.45) is 17.8 Å². The predicted molar refractivity (Wildman–Crippen MR) is 291 cm³/mol. The number of allylic oxidation sites excluding steroid dienone is 3. The number of carbonyl (C=O) groups is 1. The van der Waals surface area contributed by atoms with E-state index in [2.05, 4.69) is 79.2 Å². The monoisotopic (exact) mass is 1100 g/mol. The van der Waals surface area contributed by atoms with E-state index in [0.29, 0.717) is 58.6 Å². The van der Waals surface area contributed by atoms with Gasteiger partial charge in [-0.05, 0) is 118 Å². The SMILES string of the molecule is [B]C(=N)O.[C-]#[N+]C[C@H](C1CCCC1)n1cc(-c2ncnc3[n-]ccc23)cn1.[C-]#[N+]C[C@H](C1CCCC1)n1cc(-c2ncnc3c2ccn3C(=O)Oc2cc(CCCCC)cc(O)c2C2C=C(C)CCC2C(=C)C)cn1.[Y]. The van der Waals surface area contributed by atoms with Crippen molar-refractivity contribution in [1.29, 1.82) is 5.41 Å². The van der Waals surface area contributed by atoms with E-state index in [-0.39, 0.29) is 62.4 Å². The van der Waals surface area contributed by atoms with Gasteiger partial charge in [0.2, 0.25) is 13.1 Å². The van der Waals surface area contributed by atoms with E-state index in [9.17, 15) is 9.90 Å². The molecule has 10 rings (SSSR count). The summed E-state index contributed by atoms with van der Waals surface area (Å²) in [5, 5.41) is 35.6. The van der Waals surface area contributed by atoms with Crippen LogP contribution >= 0.6 is 0 Å². The van der Waals surface area contributed by atoms with Gasteiger partial charge in [0.05, 0.1) is 23.8 Å². The number of phenols is 1. The number of aromatic hydroxyl groups is 1. The molecule has 4 atom stereocenters. The van der Waals surface area contributed by atoms with Crippen molar-refractivity contribution < 1.29 is 52.5 Å². The van der Waals surface area contributed by atoms with Crippen molar-refractivity contribution in [3.63, 3.8) is 0 Å². The molecular weight excluding hydrogens is 1030 g/mol. The van der Waals surface area contributed by atoms with Crippen LogP contribution in [0.25, 0.3) is 54.3 Å². The zero-order chi connectivity index (χ0) is 53.0. The van der Waals surface area contributed by atoms with Crippen LogP contribution < -0.4 is 9.72 Å². The van der Waals surface area contributed by atoms with Crippen LogP contribution in [0.2, 0.25) is 0 Å². The van der Waals surface area contributed by atoms with Crippen molar-refractivity contribution in [2.45, 2.75) is 129 Å². The molecule has 6 heterocycles. The fourth-order valence-electron chi connectivity index (χ4n) is 11.3. The van der Waals surface area contributed by atoms with E-state index < -0.39 is 11.9 Å². The Labute approximate surface area is 471 Å². The minimum atomic E-state index is -0.833. The van der Waals surface area contributed by atoms with Gasteiger partial charge in [0.1, 0.15) is 35.7 Å². The van der Waals surface area contributed by atoms with Gasteiger partial charge >= 0.3 is 6.09 Å². The number of aliphatic hydroxyl groups is 1. The molecule has 0 amide bonds. The van der Waals surface area contributed by atoms with Crippen LogP contribution in [0.15, 0.2) is 97.9 Å². The summed E-state index contributed by atoms with van der Waals surface area (Å²) in [6.07, 6.45) is 30.9.